The van der Waals surface area contributed by atoms with Crippen LogP contribution < -0.4 is 0 Å². The number of aromatic nitrogens is 1. The molecule has 2 aromatic rings. The molecule has 0 saturated heterocycles. The number of nitrogens with zero attached hydrogens (tertiary/aromatic N) is 2. The molecule has 3 nitrogen and oxygen atoms in total. The van der Waals surface area contributed by atoms with Gasteiger partial charge in [0.1, 0.15) is 6.23 Å². The normalized spacial score (nSPS) is 26.6. The van der Waals surface area contributed by atoms with Crippen molar-refractivity contribution in [2.75, 3.05) is 13.6 Å². The molecular formula is C16H19BrN2O. The summed E-state index contributed by atoms with van der Waals surface area (Å²) in [5, 5.41) is 11.9. The molecular weight excluding hydrogens is 316 g/mol. The number of likely N-dealkylation sites (N-methyl/N-ethyl adjacent to an activating group) is 1. The van der Waals surface area contributed by atoms with Gasteiger partial charge < -0.3 is 9.67 Å². The molecule has 106 valence electrons. The van der Waals surface area contributed by atoms with E-state index in [9.17, 15) is 5.11 Å². The van der Waals surface area contributed by atoms with Crippen LogP contribution in [0.25, 0.3) is 10.9 Å². The number of halogens is 1. The fraction of sp³-hybridized carbons (Fsp3) is 0.500. The number of aliphatic hydroxyl groups excluding tert-OH is 1. The molecule has 0 aliphatic carbocycles. The zero-order valence-corrected chi connectivity index (χ0v) is 13.2. The zero-order chi connectivity index (χ0) is 13.9. The van der Waals surface area contributed by atoms with Crippen LogP contribution in [0, 0.1) is 0 Å². The Morgan fingerprint density at radius 1 is 1.30 bits per heavy atom. The predicted octanol–water partition coefficient (Wildman–Crippen LogP) is 3.61. The van der Waals surface area contributed by atoms with Gasteiger partial charge in [-0.1, -0.05) is 22.0 Å². The molecule has 0 unspecified atom stereocenters. The van der Waals surface area contributed by atoms with Gasteiger partial charge in [0.2, 0.25) is 0 Å². The van der Waals surface area contributed by atoms with E-state index in [4.69, 9.17) is 0 Å². The van der Waals surface area contributed by atoms with Crippen LogP contribution in [0.2, 0.25) is 0 Å². The van der Waals surface area contributed by atoms with Crippen molar-refractivity contribution in [2.24, 2.45) is 0 Å². The quantitative estimate of drug-likeness (QED) is 0.797. The lowest BCUT2D eigenvalue weighted by atomic mass is 9.95. The van der Waals surface area contributed by atoms with Crippen LogP contribution in [-0.4, -0.2) is 28.2 Å². The smallest absolute Gasteiger partial charge is 0.131 e. The van der Waals surface area contributed by atoms with Crippen molar-refractivity contribution in [1.29, 1.82) is 0 Å². The van der Waals surface area contributed by atoms with Crippen LogP contribution in [-0.2, 0) is 6.42 Å². The van der Waals surface area contributed by atoms with Gasteiger partial charge in [-0.3, -0.25) is 4.90 Å². The fourth-order valence-corrected chi connectivity index (χ4v) is 4.30. The van der Waals surface area contributed by atoms with Gasteiger partial charge in [0.25, 0.3) is 0 Å². The Hall–Kier alpha value is -0.840. The second kappa shape index (κ2) is 4.58. The first-order valence-corrected chi connectivity index (χ1v) is 8.16. The first-order chi connectivity index (χ1) is 9.66. The van der Waals surface area contributed by atoms with Gasteiger partial charge in [0, 0.05) is 22.1 Å². The lowest BCUT2D eigenvalue weighted by Gasteiger charge is -2.33. The van der Waals surface area contributed by atoms with Crippen molar-refractivity contribution in [1.82, 2.24) is 9.47 Å². The Morgan fingerprint density at radius 2 is 2.15 bits per heavy atom. The van der Waals surface area contributed by atoms with Gasteiger partial charge in [-0.15, -0.1) is 0 Å². The Morgan fingerprint density at radius 3 is 3.00 bits per heavy atom. The standard InChI is InChI=1S/C16H19BrN2O/c1-18-8-7-12-11-6-5-10(17)9-14(11)19-15(20)4-2-3-13(18)16(12)19/h5-6,9,13,15,20H,2-4,7-8H2,1H3/t13-,15+/m1/s1. The van der Waals surface area contributed by atoms with Crippen LogP contribution in [0.5, 0.6) is 0 Å². The van der Waals surface area contributed by atoms with E-state index < -0.39 is 0 Å². The van der Waals surface area contributed by atoms with E-state index in [1.54, 1.807) is 0 Å². The third-order valence-electron chi connectivity index (χ3n) is 4.91. The number of aliphatic hydroxyl groups is 1. The summed E-state index contributed by atoms with van der Waals surface area (Å²) in [6.45, 7) is 1.11. The molecule has 1 N–H and O–H groups in total. The molecule has 0 spiro atoms. The molecule has 0 amide bonds. The summed E-state index contributed by atoms with van der Waals surface area (Å²) in [5.41, 5.74) is 3.99. The second-order valence-electron chi connectivity index (χ2n) is 6.05. The van der Waals surface area contributed by atoms with Crippen molar-refractivity contribution < 1.29 is 5.11 Å². The monoisotopic (exact) mass is 334 g/mol. The van der Waals surface area contributed by atoms with Crippen LogP contribution >= 0.6 is 15.9 Å². The van der Waals surface area contributed by atoms with Crippen molar-refractivity contribution in [3.8, 4) is 0 Å². The van der Waals surface area contributed by atoms with Gasteiger partial charge in [-0.05, 0) is 50.4 Å². The molecule has 3 heterocycles. The average molecular weight is 335 g/mol. The number of benzene rings is 1. The molecule has 0 fully saturated rings. The van der Waals surface area contributed by atoms with E-state index in [0.717, 1.165) is 36.7 Å². The SMILES string of the molecule is CN1CCc2c3n(c4cc(Br)ccc24)[C@@H](O)CCC[C@H]31. The minimum Gasteiger partial charge on any atom is -0.373 e. The maximum atomic E-state index is 10.6. The fourth-order valence-electron chi connectivity index (χ4n) is 3.95. The van der Waals surface area contributed by atoms with Crippen LogP contribution in [0.4, 0.5) is 0 Å². The van der Waals surface area contributed by atoms with Crippen molar-refractivity contribution in [2.45, 2.75) is 38.0 Å². The Bertz CT molecular complexity index is 679. The minimum atomic E-state index is -0.382. The predicted molar refractivity (Wildman–Crippen MR) is 83.8 cm³/mol. The van der Waals surface area contributed by atoms with Gasteiger partial charge in [-0.2, -0.15) is 0 Å². The lowest BCUT2D eigenvalue weighted by molar-refractivity contribution is 0.0980. The van der Waals surface area contributed by atoms with E-state index in [1.807, 2.05) is 0 Å². The maximum Gasteiger partial charge on any atom is 0.131 e. The average Bonchev–Trinajstić information content (AvgIpc) is 2.63. The van der Waals surface area contributed by atoms with Gasteiger partial charge in [0.15, 0.2) is 0 Å². The highest BCUT2D eigenvalue weighted by Gasteiger charge is 2.34. The summed E-state index contributed by atoms with van der Waals surface area (Å²) in [6.07, 6.45) is 3.80. The number of hydrogen-bond donors (Lipinski definition) is 1. The highest BCUT2D eigenvalue weighted by molar-refractivity contribution is 9.10. The summed E-state index contributed by atoms with van der Waals surface area (Å²) >= 11 is 3.57. The van der Waals surface area contributed by atoms with Crippen LogP contribution in [0.3, 0.4) is 0 Å². The molecule has 4 heteroatoms. The molecule has 0 saturated carbocycles. The molecule has 0 radical (unpaired) electrons. The topological polar surface area (TPSA) is 28.4 Å². The summed E-state index contributed by atoms with van der Waals surface area (Å²) in [6, 6.07) is 6.92. The highest BCUT2D eigenvalue weighted by atomic mass is 79.9. The number of hydrogen-bond acceptors (Lipinski definition) is 2. The largest absolute Gasteiger partial charge is 0.373 e. The second-order valence-corrected chi connectivity index (χ2v) is 6.97. The summed E-state index contributed by atoms with van der Waals surface area (Å²) in [4.78, 5) is 2.45. The van der Waals surface area contributed by atoms with Crippen molar-refractivity contribution in [3.05, 3.63) is 33.9 Å². The Balaban J connectivity index is 2.08. The molecule has 2 atom stereocenters. The number of rotatable bonds is 0. The van der Waals surface area contributed by atoms with E-state index in [2.05, 4.69) is 50.6 Å². The summed E-state index contributed by atoms with van der Waals surface area (Å²) in [7, 11) is 2.21. The van der Waals surface area contributed by atoms with Gasteiger partial charge in [-0.25, -0.2) is 0 Å². The van der Waals surface area contributed by atoms with Gasteiger partial charge >= 0.3 is 0 Å². The number of fused-ring (bicyclic) bond motifs is 3. The molecule has 20 heavy (non-hydrogen) atoms. The minimum absolute atomic E-state index is 0.382. The molecule has 2 aliphatic heterocycles. The zero-order valence-electron chi connectivity index (χ0n) is 11.6. The summed E-state index contributed by atoms with van der Waals surface area (Å²) < 4.78 is 3.28. The van der Waals surface area contributed by atoms with Crippen molar-refractivity contribution in [3.63, 3.8) is 0 Å². The lowest BCUT2D eigenvalue weighted by Crippen LogP contribution is -2.32. The van der Waals surface area contributed by atoms with Crippen LogP contribution in [0.15, 0.2) is 22.7 Å². The van der Waals surface area contributed by atoms with E-state index in [1.165, 1.54) is 22.2 Å². The molecule has 4 rings (SSSR count). The molecule has 2 aliphatic rings. The first kappa shape index (κ1) is 12.9. The third kappa shape index (κ3) is 1.71. The van der Waals surface area contributed by atoms with Gasteiger partial charge in [0.05, 0.1) is 11.6 Å². The Labute approximate surface area is 127 Å². The first-order valence-electron chi connectivity index (χ1n) is 7.37. The van der Waals surface area contributed by atoms with E-state index in [-0.39, 0.29) is 6.23 Å². The molecule has 0 bridgehead atoms. The maximum absolute atomic E-state index is 10.6. The van der Waals surface area contributed by atoms with E-state index >= 15 is 0 Å². The Kier molecular flexibility index (Phi) is 2.95. The van der Waals surface area contributed by atoms with Crippen LogP contribution in [0.1, 0.15) is 42.8 Å². The molecule has 1 aromatic heterocycles. The highest BCUT2D eigenvalue weighted by Crippen LogP contribution is 2.43. The van der Waals surface area contributed by atoms with E-state index in [0.29, 0.717) is 6.04 Å². The summed E-state index contributed by atoms with van der Waals surface area (Å²) in [5.74, 6) is 0. The van der Waals surface area contributed by atoms with Crippen molar-refractivity contribution >= 4 is 26.8 Å². The molecule has 1 aromatic carbocycles. The third-order valence-corrected chi connectivity index (χ3v) is 5.41.